The van der Waals surface area contributed by atoms with Crippen LogP contribution in [0.3, 0.4) is 0 Å². The lowest BCUT2D eigenvalue weighted by Crippen LogP contribution is -2.53. The van der Waals surface area contributed by atoms with Gasteiger partial charge >= 0.3 is 0 Å². The summed E-state index contributed by atoms with van der Waals surface area (Å²) in [6, 6.07) is 15.5. The summed E-state index contributed by atoms with van der Waals surface area (Å²) in [5.41, 5.74) is 1.24. The first kappa shape index (κ1) is 21.3. The number of methoxy groups -OCH3 is 1. The molecule has 7 nitrogen and oxygen atoms in total. The first-order valence-electron chi connectivity index (χ1n) is 9.60. The summed E-state index contributed by atoms with van der Waals surface area (Å²) in [7, 11) is -2.27. The molecule has 8 heteroatoms. The van der Waals surface area contributed by atoms with E-state index in [1.54, 1.807) is 24.0 Å². The number of amides is 1. The summed E-state index contributed by atoms with van der Waals surface area (Å²) in [6.45, 7) is 5.12. The first-order valence-corrected chi connectivity index (χ1v) is 11.1. The molecule has 0 bridgehead atoms. The molecular formula is C21H27N3O4S. The lowest BCUT2D eigenvalue weighted by molar-refractivity contribution is -0.134. The predicted octanol–water partition coefficient (Wildman–Crippen LogP) is 1.71. The van der Waals surface area contributed by atoms with Crippen LogP contribution in [-0.2, 0) is 21.4 Å². The van der Waals surface area contributed by atoms with Gasteiger partial charge in [0.15, 0.2) is 0 Å². The van der Waals surface area contributed by atoms with Gasteiger partial charge in [-0.2, -0.15) is 4.72 Å². The maximum atomic E-state index is 12.7. The first-order chi connectivity index (χ1) is 13.9. The summed E-state index contributed by atoms with van der Waals surface area (Å²) in [4.78, 5) is 16.9. The van der Waals surface area contributed by atoms with Crippen LogP contribution in [0.1, 0.15) is 12.5 Å². The van der Waals surface area contributed by atoms with Gasteiger partial charge in [0.1, 0.15) is 5.75 Å². The fourth-order valence-electron chi connectivity index (χ4n) is 3.35. The fraction of sp³-hybridized carbons (Fsp3) is 0.381. The van der Waals surface area contributed by atoms with Crippen LogP contribution in [0, 0.1) is 0 Å². The fourth-order valence-corrected chi connectivity index (χ4v) is 4.54. The van der Waals surface area contributed by atoms with Gasteiger partial charge in [0.2, 0.25) is 15.9 Å². The Bertz CT molecular complexity index is 909. The highest BCUT2D eigenvalue weighted by Crippen LogP contribution is 2.16. The van der Waals surface area contributed by atoms with Crippen LogP contribution < -0.4 is 9.46 Å². The second kappa shape index (κ2) is 9.39. The van der Waals surface area contributed by atoms with Crippen molar-refractivity contribution in [2.75, 3.05) is 33.3 Å². The van der Waals surface area contributed by atoms with E-state index in [1.807, 2.05) is 18.2 Å². The average molecular weight is 418 g/mol. The minimum Gasteiger partial charge on any atom is -0.497 e. The number of carbonyl (C=O) groups excluding carboxylic acids is 1. The van der Waals surface area contributed by atoms with Crippen molar-refractivity contribution in [1.29, 1.82) is 0 Å². The number of nitrogens with zero attached hydrogens (tertiary/aromatic N) is 2. The molecule has 0 spiro atoms. The topological polar surface area (TPSA) is 78.9 Å². The number of rotatable bonds is 7. The molecule has 156 valence electrons. The standard InChI is InChI=1S/C21H27N3O4S/c1-17(22-29(26,27)20-10-8-19(28-2)9-11-20)21(25)24-14-12-23(13-15-24)16-18-6-4-3-5-7-18/h3-11,17,22H,12-16H2,1-2H3. The molecule has 1 unspecified atom stereocenters. The number of hydrogen-bond donors (Lipinski definition) is 1. The van der Waals surface area contributed by atoms with Gasteiger partial charge in [0.05, 0.1) is 18.0 Å². The molecule has 0 radical (unpaired) electrons. The molecule has 2 aromatic carbocycles. The van der Waals surface area contributed by atoms with Crippen molar-refractivity contribution in [1.82, 2.24) is 14.5 Å². The van der Waals surface area contributed by atoms with Crippen LogP contribution in [0.2, 0.25) is 0 Å². The van der Waals surface area contributed by atoms with E-state index in [1.165, 1.54) is 24.8 Å². The highest BCUT2D eigenvalue weighted by Gasteiger charge is 2.28. The van der Waals surface area contributed by atoms with Crippen molar-refractivity contribution < 1.29 is 17.9 Å². The Morgan fingerprint density at radius 3 is 2.24 bits per heavy atom. The molecule has 29 heavy (non-hydrogen) atoms. The van der Waals surface area contributed by atoms with Crippen molar-refractivity contribution in [3.63, 3.8) is 0 Å². The zero-order chi connectivity index (χ0) is 20.9. The Kier molecular flexibility index (Phi) is 6.89. The van der Waals surface area contributed by atoms with E-state index in [2.05, 4.69) is 21.8 Å². The minimum atomic E-state index is -3.78. The van der Waals surface area contributed by atoms with E-state index in [4.69, 9.17) is 4.74 Å². The monoisotopic (exact) mass is 417 g/mol. The maximum absolute atomic E-state index is 12.7. The summed E-state index contributed by atoms with van der Waals surface area (Å²) in [6.07, 6.45) is 0. The average Bonchev–Trinajstić information content (AvgIpc) is 2.74. The minimum absolute atomic E-state index is 0.102. The number of benzene rings is 2. The number of hydrogen-bond acceptors (Lipinski definition) is 5. The van der Waals surface area contributed by atoms with Crippen molar-refractivity contribution >= 4 is 15.9 Å². The van der Waals surface area contributed by atoms with Crippen LogP contribution in [0.25, 0.3) is 0 Å². The summed E-state index contributed by atoms with van der Waals surface area (Å²) in [5, 5.41) is 0. The van der Waals surface area contributed by atoms with E-state index in [-0.39, 0.29) is 10.8 Å². The van der Waals surface area contributed by atoms with Gasteiger partial charge in [0, 0.05) is 32.7 Å². The molecule has 1 amide bonds. The van der Waals surface area contributed by atoms with Crippen LogP contribution >= 0.6 is 0 Å². The smallest absolute Gasteiger partial charge is 0.241 e. The highest BCUT2D eigenvalue weighted by atomic mass is 32.2. The van der Waals surface area contributed by atoms with Crippen molar-refractivity contribution in [3.8, 4) is 5.75 Å². The van der Waals surface area contributed by atoms with Crippen LogP contribution in [0.15, 0.2) is 59.5 Å². The zero-order valence-corrected chi connectivity index (χ0v) is 17.6. The summed E-state index contributed by atoms with van der Waals surface area (Å²) >= 11 is 0. The van der Waals surface area contributed by atoms with Crippen molar-refractivity contribution in [2.45, 2.75) is 24.4 Å². The quantitative estimate of drug-likeness (QED) is 0.742. The van der Waals surface area contributed by atoms with Gasteiger partial charge in [-0.25, -0.2) is 8.42 Å². The van der Waals surface area contributed by atoms with Gasteiger partial charge in [-0.1, -0.05) is 30.3 Å². The maximum Gasteiger partial charge on any atom is 0.241 e. The summed E-state index contributed by atoms with van der Waals surface area (Å²) < 4.78 is 32.6. The molecule has 1 aliphatic rings. The Morgan fingerprint density at radius 2 is 1.66 bits per heavy atom. The van der Waals surface area contributed by atoms with E-state index in [0.29, 0.717) is 18.8 Å². The van der Waals surface area contributed by atoms with Gasteiger partial charge in [-0.3, -0.25) is 9.69 Å². The van der Waals surface area contributed by atoms with Gasteiger partial charge in [-0.05, 0) is 36.8 Å². The number of sulfonamides is 1. The molecule has 1 N–H and O–H groups in total. The van der Waals surface area contributed by atoms with Gasteiger partial charge in [-0.15, -0.1) is 0 Å². The second-order valence-electron chi connectivity index (χ2n) is 7.11. The number of nitrogens with one attached hydrogen (secondary N) is 1. The molecule has 1 aliphatic heterocycles. The van der Waals surface area contributed by atoms with Crippen molar-refractivity contribution in [3.05, 3.63) is 60.2 Å². The van der Waals surface area contributed by atoms with E-state index >= 15 is 0 Å². The Morgan fingerprint density at radius 1 is 1.03 bits per heavy atom. The normalized spacial score (nSPS) is 16.4. The number of piperazine rings is 1. The molecule has 1 saturated heterocycles. The lowest BCUT2D eigenvalue weighted by Gasteiger charge is -2.36. The molecule has 1 heterocycles. The lowest BCUT2D eigenvalue weighted by atomic mass is 10.2. The molecule has 0 aliphatic carbocycles. The van der Waals surface area contributed by atoms with Gasteiger partial charge < -0.3 is 9.64 Å². The SMILES string of the molecule is COc1ccc(S(=O)(=O)NC(C)C(=O)N2CCN(Cc3ccccc3)CC2)cc1. The van der Waals surface area contributed by atoms with Crippen molar-refractivity contribution in [2.24, 2.45) is 0 Å². The number of carbonyl (C=O) groups is 1. The molecular weight excluding hydrogens is 390 g/mol. The largest absolute Gasteiger partial charge is 0.497 e. The second-order valence-corrected chi connectivity index (χ2v) is 8.82. The van der Waals surface area contributed by atoms with Gasteiger partial charge in [0.25, 0.3) is 0 Å². The van der Waals surface area contributed by atoms with Crippen LogP contribution in [-0.4, -0.2) is 63.5 Å². The van der Waals surface area contributed by atoms with E-state index in [0.717, 1.165) is 19.6 Å². The predicted molar refractivity (Wildman–Crippen MR) is 111 cm³/mol. The number of ether oxygens (including phenoxy) is 1. The molecule has 0 saturated carbocycles. The van der Waals surface area contributed by atoms with E-state index in [9.17, 15) is 13.2 Å². The van der Waals surface area contributed by atoms with Crippen LogP contribution in [0.4, 0.5) is 0 Å². The molecule has 3 rings (SSSR count). The molecule has 1 fully saturated rings. The summed E-state index contributed by atoms with van der Waals surface area (Å²) in [5.74, 6) is 0.364. The highest BCUT2D eigenvalue weighted by molar-refractivity contribution is 7.89. The Hall–Kier alpha value is -2.42. The van der Waals surface area contributed by atoms with E-state index < -0.39 is 16.1 Å². The zero-order valence-electron chi connectivity index (χ0n) is 16.7. The molecule has 0 aromatic heterocycles. The molecule has 2 aromatic rings. The third-order valence-electron chi connectivity index (χ3n) is 5.01. The Labute approximate surface area is 172 Å². The third kappa shape index (κ3) is 5.56. The van der Waals surface area contributed by atoms with Crippen LogP contribution in [0.5, 0.6) is 5.75 Å². The third-order valence-corrected chi connectivity index (χ3v) is 6.56. The Balaban J connectivity index is 1.53. The molecule has 1 atom stereocenters.